The molecule has 21 heavy (non-hydrogen) atoms. The minimum Gasteiger partial charge on any atom is -0.372 e. The van der Waals surface area contributed by atoms with E-state index in [1.54, 1.807) is 0 Å². The molecular formula is C18H27N3. The molecule has 1 N–H and O–H groups in total. The van der Waals surface area contributed by atoms with E-state index in [0.717, 1.165) is 13.1 Å². The van der Waals surface area contributed by atoms with Gasteiger partial charge in [-0.2, -0.15) is 0 Å². The Balaban J connectivity index is 1.47. The highest BCUT2D eigenvalue weighted by atomic mass is 15.2. The second kappa shape index (κ2) is 5.53. The van der Waals surface area contributed by atoms with Crippen molar-refractivity contribution in [3.8, 4) is 0 Å². The van der Waals surface area contributed by atoms with Gasteiger partial charge in [-0.15, -0.1) is 0 Å². The van der Waals surface area contributed by atoms with E-state index in [9.17, 15) is 0 Å². The number of hydrogen-bond acceptors (Lipinski definition) is 3. The van der Waals surface area contributed by atoms with Crippen LogP contribution < -0.4 is 15.1 Å². The zero-order valence-electron chi connectivity index (χ0n) is 13.0. The molecule has 3 aliphatic rings. The summed E-state index contributed by atoms with van der Waals surface area (Å²) in [7, 11) is 0. The molecule has 1 spiro atoms. The molecule has 0 bridgehead atoms. The minimum atomic E-state index is 0.409. The maximum Gasteiger partial charge on any atom is 0.0368 e. The summed E-state index contributed by atoms with van der Waals surface area (Å²) in [6.45, 7) is 5.93. The summed E-state index contributed by atoms with van der Waals surface area (Å²) in [6.07, 6.45) is 8.21. The van der Waals surface area contributed by atoms with Crippen molar-refractivity contribution in [1.82, 2.24) is 5.32 Å². The highest BCUT2D eigenvalue weighted by molar-refractivity contribution is 5.57. The number of benzene rings is 1. The SMILES string of the molecule is c1cc(N2CCNC3(CCCC3)C2)ccc1N1CCCC1. The first kappa shape index (κ1) is 13.4. The molecular weight excluding hydrogens is 258 g/mol. The van der Waals surface area contributed by atoms with Gasteiger partial charge in [0.15, 0.2) is 0 Å². The van der Waals surface area contributed by atoms with Crippen molar-refractivity contribution in [3.05, 3.63) is 24.3 Å². The fourth-order valence-corrected chi connectivity index (χ4v) is 4.41. The lowest BCUT2D eigenvalue weighted by Crippen LogP contribution is -2.59. The fraction of sp³-hybridized carbons (Fsp3) is 0.667. The molecule has 0 aromatic heterocycles. The number of anilines is 2. The van der Waals surface area contributed by atoms with Gasteiger partial charge in [0.05, 0.1) is 0 Å². The lowest BCUT2D eigenvalue weighted by molar-refractivity contribution is 0.304. The molecule has 3 heteroatoms. The Hall–Kier alpha value is -1.22. The van der Waals surface area contributed by atoms with Crippen LogP contribution in [0, 0.1) is 0 Å². The second-order valence-corrected chi connectivity index (χ2v) is 7.05. The third kappa shape index (κ3) is 2.64. The van der Waals surface area contributed by atoms with Gasteiger partial charge in [-0.3, -0.25) is 0 Å². The Morgan fingerprint density at radius 2 is 1.38 bits per heavy atom. The van der Waals surface area contributed by atoms with Crippen molar-refractivity contribution in [2.24, 2.45) is 0 Å². The van der Waals surface area contributed by atoms with Gasteiger partial charge in [0.25, 0.3) is 0 Å². The topological polar surface area (TPSA) is 18.5 Å². The summed E-state index contributed by atoms with van der Waals surface area (Å²) >= 11 is 0. The van der Waals surface area contributed by atoms with Gasteiger partial charge in [-0.25, -0.2) is 0 Å². The van der Waals surface area contributed by atoms with E-state index in [0.29, 0.717) is 5.54 Å². The van der Waals surface area contributed by atoms with Crippen LogP contribution in [-0.4, -0.2) is 38.3 Å². The molecule has 0 unspecified atom stereocenters. The van der Waals surface area contributed by atoms with Crippen LogP contribution in [0.2, 0.25) is 0 Å². The van der Waals surface area contributed by atoms with E-state index in [4.69, 9.17) is 0 Å². The molecule has 3 fully saturated rings. The summed E-state index contributed by atoms with van der Waals surface area (Å²) in [6, 6.07) is 9.32. The molecule has 4 rings (SSSR count). The van der Waals surface area contributed by atoms with Crippen LogP contribution in [0.15, 0.2) is 24.3 Å². The van der Waals surface area contributed by atoms with E-state index in [1.165, 1.54) is 69.5 Å². The number of nitrogens with zero attached hydrogens (tertiary/aromatic N) is 2. The number of nitrogens with one attached hydrogen (secondary N) is 1. The predicted molar refractivity (Wildman–Crippen MR) is 89.3 cm³/mol. The zero-order chi connectivity index (χ0) is 14.1. The van der Waals surface area contributed by atoms with Crippen LogP contribution in [0.3, 0.4) is 0 Å². The average molecular weight is 285 g/mol. The molecule has 1 aromatic rings. The van der Waals surface area contributed by atoms with Crippen LogP contribution in [0.5, 0.6) is 0 Å². The van der Waals surface area contributed by atoms with E-state index >= 15 is 0 Å². The maximum absolute atomic E-state index is 3.80. The largest absolute Gasteiger partial charge is 0.372 e. The van der Waals surface area contributed by atoms with Crippen LogP contribution in [0.1, 0.15) is 38.5 Å². The Labute approximate surface area is 128 Å². The predicted octanol–water partition coefficient (Wildman–Crippen LogP) is 3.01. The van der Waals surface area contributed by atoms with Crippen molar-refractivity contribution in [2.45, 2.75) is 44.1 Å². The van der Waals surface area contributed by atoms with Crippen LogP contribution >= 0.6 is 0 Å². The highest BCUT2D eigenvalue weighted by Gasteiger charge is 2.37. The molecule has 0 atom stereocenters. The molecule has 0 amide bonds. The zero-order valence-corrected chi connectivity index (χ0v) is 13.0. The highest BCUT2D eigenvalue weighted by Crippen LogP contribution is 2.34. The summed E-state index contributed by atoms with van der Waals surface area (Å²) in [5, 5.41) is 3.80. The van der Waals surface area contributed by atoms with Gasteiger partial charge in [0.2, 0.25) is 0 Å². The van der Waals surface area contributed by atoms with E-state index in [1.807, 2.05) is 0 Å². The van der Waals surface area contributed by atoms with Crippen molar-refractivity contribution in [2.75, 3.05) is 42.5 Å². The number of hydrogen-bond donors (Lipinski definition) is 1. The van der Waals surface area contributed by atoms with Gasteiger partial charge in [-0.05, 0) is 49.9 Å². The minimum absolute atomic E-state index is 0.409. The number of rotatable bonds is 2. The van der Waals surface area contributed by atoms with Gasteiger partial charge < -0.3 is 15.1 Å². The molecule has 1 aromatic carbocycles. The summed E-state index contributed by atoms with van der Waals surface area (Å²) in [4.78, 5) is 5.11. The Bertz CT molecular complexity index is 470. The van der Waals surface area contributed by atoms with Crippen LogP contribution in [0.4, 0.5) is 11.4 Å². The normalized spacial score (nSPS) is 25.0. The van der Waals surface area contributed by atoms with Gasteiger partial charge in [0.1, 0.15) is 0 Å². The molecule has 2 saturated heterocycles. The second-order valence-electron chi connectivity index (χ2n) is 7.05. The third-order valence-corrected chi connectivity index (χ3v) is 5.62. The first-order chi connectivity index (χ1) is 10.3. The number of piperazine rings is 1. The lowest BCUT2D eigenvalue weighted by Gasteiger charge is -2.42. The monoisotopic (exact) mass is 285 g/mol. The Morgan fingerprint density at radius 3 is 2.05 bits per heavy atom. The lowest BCUT2D eigenvalue weighted by atomic mass is 9.94. The molecule has 114 valence electrons. The van der Waals surface area contributed by atoms with Crippen LogP contribution in [0.25, 0.3) is 0 Å². The molecule has 0 radical (unpaired) electrons. The standard InChI is InChI=1S/C18H27N3/c1-2-10-18(9-1)15-21(14-11-19-18)17-7-5-16(6-8-17)20-12-3-4-13-20/h5-8,19H,1-4,9-15H2. The summed E-state index contributed by atoms with van der Waals surface area (Å²) in [5.74, 6) is 0. The maximum atomic E-state index is 3.80. The quantitative estimate of drug-likeness (QED) is 0.901. The Morgan fingerprint density at radius 1 is 0.762 bits per heavy atom. The Kier molecular flexibility index (Phi) is 3.54. The van der Waals surface area contributed by atoms with Crippen LogP contribution in [-0.2, 0) is 0 Å². The van der Waals surface area contributed by atoms with E-state index in [2.05, 4.69) is 39.4 Å². The fourth-order valence-electron chi connectivity index (χ4n) is 4.41. The molecule has 2 aliphatic heterocycles. The molecule has 2 heterocycles. The first-order valence-corrected chi connectivity index (χ1v) is 8.70. The van der Waals surface area contributed by atoms with Crippen molar-refractivity contribution in [3.63, 3.8) is 0 Å². The third-order valence-electron chi connectivity index (χ3n) is 5.62. The van der Waals surface area contributed by atoms with Gasteiger partial charge in [0, 0.05) is 49.6 Å². The van der Waals surface area contributed by atoms with Gasteiger partial charge >= 0.3 is 0 Å². The van der Waals surface area contributed by atoms with Crippen molar-refractivity contribution in [1.29, 1.82) is 0 Å². The van der Waals surface area contributed by atoms with Crippen molar-refractivity contribution >= 4 is 11.4 Å². The molecule has 1 aliphatic carbocycles. The molecule has 3 nitrogen and oxygen atoms in total. The van der Waals surface area contributed by atoms with E-state index < -0.39 is 0 Å². The smallest absolute Gasteiger partial charge is 0.0368 e. The van der Waals surface area contributed by atoms with Crippen molar-refractivity contribution < 1.29 is 0 Å². The molecule has 1 saturated carbocycles. The van der Waals surface area contributed by atoms with E-state index in [-0.39, 0.29) is 0 Å². The summed E-state index contributed by atoms with van der Waals surface area (Å²) in [5.41, 5.74) is 3.22. The average Bonchev–Trinajstić information content (AvgIpc) is 3.20. The first-order valence-electron chi connectivity index (χ1n) is 8.70. The summed E-state index contributed by atoms with van der Waals surface area (Å²) < 4.78 is 0. The van der Waals surface area contributed by atoms with Gasteiger partial charge in [-0.1, -0.05) is 12.8 Å².